The molecule has 3 aliphatic carbocycles. The van der Waals surface area contributed by atoms with E-state index in [1.54, 1.807) is 12.1 Å². The van der Waals surface area contributed by atoms with Gasteiger partial charge in [0.25, 0.3) is 0 Å². The van der Waals surface area contributed by atoms with E-state index in [1.807, 2.05) is 12.1 Å². The molecule has 0 fully saturated rings. The van der Waals surface area contributed by atoms with Crippen LogP contribution >= 0.6 is 15.9 Å². The molecule has 0 amide bonds. The average molecular weight is 301 g/mol. The van der Waals surface area contributed by atoms with Crippen molar-refractivity contribution >= 4 is 27.5 Å². The lowest BCUT2D eigenvalue weighted by Crippen LogP contribution is -2.05. The molecule has 0 N–H and O–H groups in total. The molecule has 0 spiro atoms. The van der Waals surface area contributed by atoms with Crippen LogP contribution in [0.1, 0.15) is 15.9 Å². The number of hydrogen-bond acceptors (Lipinski definition) is 2. The highest BCUT2D eigenvalue weighted by molar-refractivity contribution is 9.10. The number of halogens is 1. The van der Waals surface area contributed by atoms with Gasteiger partial charge >= 0.3 is 0 Å². The lowest BCUT2D eigenvalue weighted by Gasteiger charge is -2.02. The first-order chi connectivity index (χ1) is 8.66. The monoisotopic (exact) mass is 300 g/mol. The number of fused-ring (bicyclic) bond motifs is 1. The third kappa shape index (κ3) is 1.71. The molecule has 3 heteroatoms. The van der Waals surface area contributed by atoms with Crippen molar-refractivity contribution in [3.8, 4) is 0 Å². The molecule has 0 saturated heterocycles. The number of carbonyl (C=O) groups excluding carboxylic acids is 2. The van der Waals surface area contributed by atoms with E-state index in [4.69, 9.17) is 0 Å². The first-order valence-corrected chi connectivity index (χ1v) is 6.41. The number of rotatable bonds is 0. The molecule has 0 bridgehead atoms. The van der Waals surface area contributed by atoms with Crippen molar-refractivity contribution in [2.24, 2.45) is 0 Å². The van der Waals surface area contributed by atoms with Gasteiger partial charge in [0, 0.05) is 16.5 Å². The Labute approximate surface area is 112 Å². The molecule has 1 aromatic carbocycles. The number of benzene rings is 2. The van der Waals surface area contributed by atoms with Crippen molar-refractivity contribution in [1.82, 2.24) is 0 Å². The summed E-state index contributed by atoms with van der Waals surface area (Å²) in [7, 11) is 0. The second-order valence-corrected chi connectivity index (χ2v) is 5.14. The molecule has 0 saturated carbocycles. The zero-order chi connectivity index (χ0) is 12.7. The summed E-state index contributed by atoms with van der Waals surface area (Å²) in [6.45, 7) is 0. The molecule has 0 aromatic heterocycles. The smallest absolute Gasteiger partial charge is 0.229 e. The van der Waals surface area contributed by atoms with Crippen LogP contribution in [0, 0.1) is 10.4 Å². The summed E-state index contributed by atoms with van der Waals surface area (Å²) in [5.41, 5.74) is 1.44. The Hall–Kier alpha value is -1.74. The quantitative estimate of drug-likeness (QED) is 0.598. The summed E-state index contributed by atoms with van der Waals surface area (Å²) in [5.74, 6) is -0.619. The highest BCUT2D eigenvalue weighted by atomic mass is 79.9. The van der Waals surface area contributed by atoms with Crippen molar-refractivity contribution < 1.29 is 9.59 Å². The van der Waals surface area contributed by atoms with Crippen molar-refractivity contribution in [3.63, 3.8) is 0 Å². The third-order valence-corrected chi connectivity index (χ3v) is 3.80. The van der Waals surface area contributed by atoms with Crippen molar-refractivity contribution in [2.75, 3.05) is 0 Å². The number of Topliss-reactive ketones (excluding diaryl/α,β-unsaturated/α-hetero) is 2. The van der Waals surface area contributed by atoms with E-state index in [1.165, 1.54) is 14.9 Å². The molecule has 0 radical (unpaired) electrons. The SMILES string of the molecule is Brc1cc2ccc1=2.O=C1Cc2ccccc2C1=O. The van der Waals surface area contributed by atoms with Crippen LogP contribution in [0.3, 0.4) is 0 Å². The fraction of sp³-hybridized carbons (Fsp3) is 0.0667. The highest BCUT2D eigenvalue weighted by Crippen LogP contribution is 2.21. The van der Waals surface area contributed by atoms with Gasteiger partial charge < -0.3 is 0 Å². The maximum Gasteiger partial charge on any atom is 0.229 e. The van der Waals surface area contributed by atoms with E-state index in [9.17, 15) is 9.59 Å². The van der Waals surface area contributed by atoms with Crippen LogP contribution in [0.2, 0.25) is 0 Å². The fourth-order valence-corrected chi connectivity index (χ4v) is 2.65. The molecule has 1 aromatic rings. The van der Waals surface area contributed by atoms with Crippen molar-refractivity contribution in [2.45, 2.75) is 6.42 Å². The molecule has 4 rings (SSSR count). The van der Waals surface area contributed by atoms with Gasteiger partial charge in [0.1, 0.15) is 0 Å². The van der Waals surface area contributed by atoms with Crippen molar-refractivity contribution in [1.29, 1.82) is 0 Å². The van der Waals surface area contributed by atoms with E-state index in [0.717, 1.165) is 5.56 Å². The molecular formula is C15H9BrO2. The third-order valence-electron chi connectivity index (χ3n) is 3.15. The Balaban J connectivity index is 0.000000122. The van der Waals surface area contributed by atoms with Crippen LogP contribution in [-0.4, -0.2) is 11.6 Å². The number of hydrogen-bond donors (Lipinski definition) is 0. The predicted octanol–water partition coefficient (Wildman–Crippen LogP) is 3.04. The molecule has 88 valence electrons. The summed E-state index contributed by atoms with van der Waals surface area (Å²) >= 11 is 3.37. The van der Waals surface area contributed by atoms with Crippen LogP contribution in [0.4, 0.5) is 0 Å². The van der Waals surface area contributed by atoms with Crippen LogP contribution in [-0.2, 0) is 11.2 Å². The zero-order valence-corrected chi connectivity index (χ0v) is 11.0. The van der Waals surface area contributed by atoms with Gasteiger partial charge in [-0.05, 0) is 22.1 Å². The molecular weight excluding hydrogens is 292 g/mol. The molecule has 18 heavy (non-hydrogen) atoms. The maximum atomic E-state index is 11.0. The van der Waals surface area contributed by atoms with Crippen LogP contribution in [0.5, 0.6) is 0 Å². The van der Waals surface area contributed by atoms with E-state index in [2.05, 4.69) is 34.1 Å². The summed E-state index contributed by atoms with van der Waals surface area (Å²) in [6.07, 6.45) is 0.287. The van der Waals surface area contributed by atoms with Gasteiger partial charge in [-0.1, -0.05) is 52.3 Å². The topological polar surface area (TPSA) is 34.1 Å². The van der Waals surface area contributed by atoms with E-state index in [0.29, 0.717) is 5.56 Å². The van der Waals surface area contributed by atoms with Crippen LogP contribution in [0.15, 0.2) is 46.9 Å². The molecule has 0 heterocycles. The molecule has 2 nitrogen and oxygen atoms in total. The fourth-order valence-electron chi connectivity index (χ4n) is 2.04. The Kier molecular flexibility index (Phi) is 2.63. The predicted molar refractivity (Wildman–Crippen MR) is 71.3 cm³/mol. The van der Waals surface area contributed by atoms with Gasteiger partial charge in [-0.3, -0.25) is 9.59 Å². The number of ketones is 2. The standard InChI is InChI=1S/C9H6O2.C6H3Br/c10-8-5-6-3-1-2-4-7(6)9(8)11;7-6-3-4-1-2-5(4)6/h1-4H,5H2;1-3H. The largest absolute Gasteiger partial charge is 0.290 e. The molecule has 0 atom stereocenters. The first kappa shape index (κ1) is 11.4. The average Bonchev–Trinajstić information content (AvgIpc) is 2.63. The van der Waals surface area contributed by atoms with Crippen LogP contribution in [0.25, 0.3) is 0 Å². The summed E-state index contributed by atoms with van der Waals surface area (Å²) < 4.78 is 1.25. The minimum absolute atomic E-state index is 0.286. The molecule has 0 aliphatic heterocycles. The minimum atomic E-state index is -0.333. The highest BCUT2D eigenvalue weighted by Gasteiger charge is 2.26. The first-order valence-electron chi connectivity index (χ1n) is 5.62. The Morgan fingerprint density at radius 3 is 2.22 bits per heavy atom. The second-order valence-electron chi connectivity index (χ2n) is 4.28. The number of carbonyl (C=O) groups is 2. The van der Waals surface area contributed by atoms with Gasteiger partial charge in [0.15, 0.2) is 0 Å². The van der Waals surface area contributed by atoms with Gasteiger partial charge in [0.05, 0.1) is 0 Å². The Morgan fingerprint density at radius 1 is 1.00 bits per heavy atom. The zero-order valence-electron chi connectivity index (χ0n) is 9.44. The molecule has 0 unspecified atom stereocenters. The lowest BCUT2D eigenvalue weighted by atomic mass is 10.1. The van der Waals surface area contributed by atoms with Gasteiger partial charge in [-0.25, -0.2) is 0 Å². The van der Waals surface area contributed by atoms with Crippen molar-refractivity contribution in [3.05, 3.63) is 68.5 Å². The minimum Gasteiger partial charge on any atom is -0.290 e. The summed E-state index contributed by atoms with van der Waals surface area (Å²) in [6, 6.07) is 13.5. The van der Waals surface area contributed by atoms with E-state index in [-0.39, 0.29) is 18.0 Å². The summed E-state index contributed by atoms with van der Waals surface area (Å²) in [4.78, 5) is 21.9. The maximum absolute atomic E-state index is 11.0. The lowest BCUT2D eigenvalue weighted by molar-refractivity contribution is -0.114. The second kappa shape index (κ2) is 4.18. The van der Waals surface area contributed by atoms with Gasteiger partial charge in [-0.15, -0.1) is 0 Å². The van der Waals surface area contributed by atoms with Gasteiger partial charge in [-0.2, -0.15) is 0 Å². The normalized spacial score (nSPS) is 13.8. The summed E-state index contributed by atoms with van der Waals surface area (Å²) in [5, 5.41) is 2.78. The van der Waals surface area contributed by atoms with Crippen LogP contribution < -0.4 is 0 Å². The van der Waals surface area contributed by atoms with Gasteiger partial charge in [0.2, 0.25) is 11.6 Å². The Morgan fingerprint density at radius 2 is 1.78 bits per heavy atom. The van der Waals surface area contributed by atoms with E-state index < -0.39 is 0 Å². The van der Waals surface area contributed by atoms with E-state index >= 15 is 0 Å². The molecule has 3 aliphatic rings. The Bertz CT molecular complexity index is 762.